The Morgan fingerprint density at radius 3 is 2.59 bits per heavy atom. The minimum atomic E-state index is -4.54. The molecule has 0 saturated heterocycles. The predicted molar refractivity (Wildman–Crippen MR) is 97.0 cm³/mol. The first-order valence-electron chi connectivity index (χ1n) is 7.57. The van der Waals surface area contributed by atoms with E-state index in [1.807, 2.05) is 17.5 Å². The van der Waals surface area contributed by atoms with Gasteiger partial charge in [-0.1, -0.05) is 12.1 Å². The van der Waals surface area contributed by atoms with Gasteiger partial charge in [0.1, 0.15) is 5.69 Å². The summed E-state index contributed by atoms with van der Waals surface area (Å²) < 4.78 is 38.2. The second-order valence-electron chi connectivity index (χ2n) is 5.33. The summed E-state index contributed by atoms with van der Waals surface area (Å²) in [6.45, 7) is 0.361. The lowest BCUT2D eigenvalue weighted by molar-refractivity contribution is -0.137. The van der Waals surface area contributed by atoms with Crippen LogP contribution in [0.5, 0.6) is 0 Å². The van der Waals surface area contributed by atoms with E-state index < -0.39 is 23.6 Å². The molecule has 0 atom stereocenters. The third-order valence-electron chi connectivity index (χ3n) is 3.41. The van der Waals surface area contributed by atoms with E-state index >= 15 is 0 Å². The molecule has 140 valence electrons. The lowest BCUT2D eigenvalue weighted by atomic mass is 10.1. The number of anilines is 1. The molecular formula is C17H12F3N3O2S2. The first kappa shape index (κ1) is 19.1. The Hall–Kier alpha value is -2.72. The Kier molecular flexibility index (Phi) is 5.57. The summed E-state index contributed by atoms with van der Waals surface area (Å²) in [7, 11) is 0. The normalized spacial score (nSPS) is 11.2. The molecule has 3 rings (SSSR count). The molecule has 5 nitrogen and oxygen atoms in total. The molecule has 2 aromatic heterocycles. The summed E-state index contributed by atoms with van der Waals surface area (Å²) in [5.41, 5.74) is -0.942. The smallest absolute Gasteiger partial charge is 0.346 e. The minimum Gasteiger partial charge on any atom is -0.346 e. The number of benzene rings is 1. The number of alkyl halides is 3. The third-order valence-corrected chi connectivity index (χ3v) is 5.05. The van der Waals surface area contributed by atoms with Crippen LogP contribution in [0.3, 0.4) is 0 Å². The van der Waals surface area contributed by atoms with Crippen LogP contribution in [-0.2, 0) is 12.7 Å². The van der Waals surface area contributed by atoms with Crippen molar-refractivity contribution in [2.75, 3.05) is 5.32 Å². The largest absolute Gasteiger partial charge is 0.416 e. The van der Waals surface area contributed by atoms with E-state index in [0.29, 0.717) is 6.54 Å². The van der Waals surface area contributed by atoms with Gasteiger partial charge in [0.25, 0.3) is 11.8 Å². The van der Waals surface area contributed by atoms with Gasteiger partial charge in [-0.2, -0.15) is 13.2 Å². The standard InChI is InChI=1S/C17H12F3N3O2S2/c18-17(19,20)11-4-1-3-10(7-11)14(24)23-16-22-13(9-27-16)15(25)21-8-12-5-2-6-26-12/h1-7,9H,8H2,(H,21,25)(H,22,23,24). The lowest BCUT2D eigenvalue weighted by Crippen LogP contribution is -2.22. The van der Waals surface area contributed by atoms with Gasteiger partial charge in [-0.15, -0.1) is 22.7 Å². The van der Waals surface area contributed by atoms with Crippen molar-refractivity contribution in [2.45, 2.75) is 12.7 Å². The maximum Gasteiger partial charge on any atom is 0.416 e. The third kappa shape index (κ3) is 4.92. The Labute approximate surface area is 159 Å². The monoisotopic (exact) mass is 411 g/mol. The molecule has 0 fully saturated rings. The van der Waals surface area contributed by atoms with Gasteiger partial charge in [-0.05, 0) is 29.6 Å². The van der Waals surface area contributed by atoms with Crippen molar-refractivity contribution < 1.29 is 22.8 Å². The topological polar surface area (TPSA) is 71.1 Å². The predicted octanol–water partition coefficient (Wildman–Crippen LogP) is 4.41. The number of thiazole rings is 1. The summed E-state index contributed by atoms with van der Waals surface area (Å²) in [6.07, 6.45) is -4.54. The van der Waals surface area contributed by atoms with Crippen molar-refractivity contribution in [3.63, 3.8) is 0 Å². The van der Waals surface area contributed by atoms with Crippen molar-refractivity contribution in [1.82, 2.24) is 10.3 Å². The number of nitrogens with zero attached hydrogens (tertiary/aromatic N) is 1. The minimum absolute atomic E-state index is 0.121. The maximum absolute atomic E-state index is 12.7. The van der Waals surface area contributed by atoms with Crippen LogP contribution >= 0.6 is 22.7 Å². The zero-order valence-corrected chi connectivity index (χ0v) is 15.2. The summed E-state index contributed by atoms with van der Waals surface area (Å²) >= 11 is 2.51. The highest BCUT2D eigenvalue weighted by Crippen LogP contribution is 2.29. The fraction of sp³-hybridized carbons (Fsp3) is 0.118. The molecule has 0 aliphatic carbocycles. The number of amides is 2. The van der Waals surface area contributed by atoms with Crippen LogP contribution < -0.4 is 10.6 Å². The molecule has 0 aliphatic heterocycles. The molecule has 2 amide bonds. The first-order valence-corrected chi connectivity index (χ1v) is 9.33. The van der Waals surface area contributed by atoms with E-state index in [9.17, 15) is 22.8 Å². The summed E-state index contributed by atoms with van der Waals surface area (Å²) in [5.74, 6) is -1.14. The van der Waals surface area contributed by atoms with Crippen LogP contribution in [0.25, 0.3) is 0 Å². The van der Waals surface area contributed by atoms with E-state index in [4.69, 9.17) is 0 Å². The van der Waals surface area contributed by atoms with Gasteiger partial charge in [0, 0.05) is 15.8 Å². The average Bonchev–Trinajstić information content (AvgIpc) is 3.31. The number of hydrogen-bond donors (Lipinski definition) is 2. The van der Waals surface area contributed by atoms with Crippen LogP contribution in [0, 0.1) is 0 Å². The molecule has 2 N–H and O–H groups in total. The van der Waals surface area contributed by atoms with Gasteiger partial charge in [-0.3, -0.25) is 14.9 Å². The van der Waals surface area contributed by atoms with Crippen molar-refractivity contribution in [3.8, 4) is 0 Å². The van der Waals surface area contributed by atoms with Crippen LogP contribution in [0.15, 0.2) is 47.2 Å². The molecular weight excluding hydrogens is 399 g/mol. The van der Waals surface area contributed by atoms with Crippen molar-refractivity contribution in [1.29, 1.82) is 0 Å². The Bertz CT molecular complexity index is 952. The van der Waals surface area contributed by atoms with Crippen LogP contribution in [0.2, 0.25) is 0 Å². The lowest BCUT2D eigenvalue weighted by Gasteiger charge is -2.08. The van der Waals surface area contributed by atoms with E-state index in [1.54, 1.807) is 0 Å². The second kappa shape index (κ2) is 7.89. The zero-order valence-electron chi connectivity index (χ0n) is 13.5. The summed E-state index contributed by atoms with van der Waals surface area (Å²) in [4.78, 5) is 29.2. The van der Waals surface area contributed by atoms with E-state index in [2.05, 4.69) is 15.6 Å². The van der Waals surface area contributed by atoms with Crippen molar-refractivity contribution >= 4 is 39.6 Å². The number of hydrogen-bond acceptors (Lipinski definition) is 5. The fourth-order valence-corrected chi connectivity index (χ4v) is 3.44. The molecule has 2 heterocycles. The Morgan fingerprint density at radius 2 is 1.89 bits per heavy atom. The molecule has 0 unspecified atom stereocenters. The second-order valence-corrected chi connectivity index (χ2v) is 7.22. The van der Waals surface area contributed by atoms with Gasteiger partial charge in [0.2, 0.25) is 0 Å². The van der Waals surface area contributed by atoms with Crippen molar-refractivity contribution in [3.05, 3.63) is 68.9 Å². The SMILES string of the molecule is O=C(Nc1nc(C(=O)NCc2cccs2)cs1)c1cccc(C(F)(F)F)c1. The first-order chi connectivity index (χ1) is 12.8. The number of rotatable bonds is 5. The number of aromatic nitrogens is 1. The van der Waals surface area contributed by atoms with Crippen LogP contribution in [-0.4, -0.2) is 16.8 Å². The fourth-order valence-electron chi connectivity index (χ4n) is 2.11. The molecule has 10 heteroatoms. The highest BCUT2D eigenvalue weighted by Gasteiger charge is 2.31. The number of carbonyl (C=O) groups excluding carboxylic acids is 2. The van der Waals surface area contributed by atoms with Gasteiger partial charge in [0.05, 0.1) is 12.1 Å². The highest BCUT2D eigenvalue weighted by molar-refractivity contribution is 7.14. The molecule has 0 bridgehead atoms. The molecule has 27 heavy (non-hydrogen) atoms. The zero-order chi connectivity index (χ0) is 19.4. The maximum atomic E-state index is 12.7. The summed E-state index contributed by atoms with van der Waals surface area (Å²) in [5, 5.41) is 8.59. The van der Waals surface area contributed by atoms with Gasteiger partial charge in [-0.25, -0.2) is 4.98 Å². The quantitative estimate of drug-likeness (QED) is 0.654. The van der Waals surface area contributed by atoms with E-state index in [1.165, 1.54) is 22.8 Å². The number of halogens is 3. The molecule has 3 aromatic rings. The van der Waals surface area contributed by atoms with Gasteiger partial charge in [0.15, 0.2) is 5.13 Å². The number of carbonyl (C=O) groups is 2. The molecule has 0 radical (unpaired) electrons. The molecule has 0 saturated carbocycles. The average molecular weight is 411 g/mol. The number of thiophene rings is 1. The number of nitrogens with one attached hydrogen (secondary N) is 2. The molecule has 0 spiro atoms. The Morgan fingerprint density at radius 1 is 1.07 bits per heavy atom. The van der Waals surface area contributed by atoms with Crippen LogP contribution in [0.1, 0.15) is 31.3 Å². The molecule has 1 aromatic carbocycles. The van der Waals surface area contributed by atoms with Crippen molar-refractivity contribution in [2.24, 2.45) is 0 Å². The van der Waals surface area contributed by atoms with Gasteiger partial charge >= 0.3 is 6.18 Å². The Balaban J connectivity index is 1.63. The van der Waals surface area contributed by atoms with E-state index in [-0.39, 0.29) is 16.4 Å². The molecule has 0 aliphatic rings. The van der Waals surface area contributed by atoms with E-state index in [0.717, 1.165) is 34.4 Å². The highest BCUT2D eigenvalue weighted by atomic mass is 32.1. The van der Waals surface area contributed by atoms with Crippen LogP contribution in [0.4, 0.5) is 18.3 Å². The summed E-state index contributed by atoms with van der Waals surface area (Å²) in [6, 6.07) is 7.83. The van der Waals surface area contributed by atoms with Gasteiger partial charge < -0.3 is 5.32 Å².